The molecule has 0 unspecified atom stereocenters. The van der Waals surface area contributed by atoms with Crippen LogP contribution in [0.25, 0.3) is 0 Å². The molecule has 1 aliphatic rings. The maximum Gasteiger partial charge on any atom is 0.349 e. The maximum atomic E-state index is 14.4. The molecule has 3 aromatic rings. The molecule has 0 saturated heterocycles. The number of ether oxygens (including phenoxy) is 5. The van der Waals surface area contributed by atoms with Gasteiger partial charge < -0.3 is 28.6 Å². The minimum absolute atomic E-state index is 0.0916. The lowest BCUT2D eigenvalue weighted by Crippen LogP contribution is -2.46. The first-order chi connectivity index (χ1) is 20.5. The van der Waals surface area contributed by atoms with E-state index in [1.54, 1.807) is 43.2 Å². The zero-order valence-electron chi connectivity index (χ0n) is 25.0. The highest BCUT2D eigenvalue weighted by molar-refractivity contribution is 7.13. The van der Waals surface area contributed by atoms with E-state index in [0.29, 0.717) is 43.2 Å². The predicted octanol–water partition coefficient (Wildman–Crippen LogP) is 5.64. The number of amides is 1. The van der Waals surface area contributed by atoms with E-state index in [0.717, 1.165) is 11.3 Å². The number of hydrogen-bond donors (Lipinski definition) is 0. The average Bonchev–Trinajstić information content (AvgIpc) is 3.41. The van der Waals surface area contributed by atoms with E-state index in [1.807, 2.05) is 26.0 Å². The van der Waals surface area contributed by atoms with Crippen LogP contribution in [0, 0.1) is 5.41 Å². The van der Waals surface area contributed by atoms with Crippen molar-refractivity contribution in [3.8, 4) is 11.5 Å². The summed E-state index contributed by atoms with van der Waals surface area (Å²) >= 11 is 7.66. The molecule has 0 saturated carbocycles. The smallest absolute Gasteiger partial charge is 0.349 e. The third-order valence-electron chi connectivity index (χ3n) is 6.76. The average molecular weight is 631 g/mol. The normalized spacial score (nSPS) is 16.7. The number of nitrogens with zero attached hydrogens (tertiary/aromatic N) is 2. The number of para-hydroxylation sites is 1. The molecule has 0 aliphatic carbocycles. The molecular formula is C31H35ClN2O8S. The zero-order valence-corrected chi connectivity index (χ0v) is 26.5. The summed E-state index contributed by atoms with van der Waals surface area (Å²) in [5, 5.41) is 0.985. The fraction of sp³-hybridized carbons (Fsp3) is 0.419. The Morgan fingerprint density at radius 1 is 1.12 bits per heavy atom. The number of hydrogen-bond acceptors (Lipinski definition) is 10. The van der Waals surface area contributed by atoms with Crippen LogP contribution in [0.15, 0.2) is 42.6 Å². The molecule has 1 aliphatic heterocycles. The van der Waals surface area contributed by atoms with Gasteiger partial charge in [0.05, 0.1) is 38.6 Å². The van der Waals surface area contributed by atoms with E-state index in [1.165, 1.54) is 20.2 Å². The fourth-order valence-electron chi connectivity index (χ4n) is 4.86. The van der Waals surface area contributed by atoms with Crippen LogP contribution in [0.5, 0.6) is 11.5 Å². The van der Waals surface area contributed by atoms with Crippen molar-refractivity contribution in [1.82, 2.24) is 4.98 Å². The molecule has 0 bridgehead atoms. The van der Waals surface area contributed by atoms with Gasteiger partial charge in [-0.05, 0) is 31.2 Å². The lowest BCUT2D eigenvalue weighted by molar-refractivity contribution is -0.143. The van der Waals surface area contributed by atoms with Crippen LogP contribution in [-0.2, 0) is 30.2 Å². The topological polar surface area (TPSA) is 113 Å². The van der Waals surface area contributed by atoms with Crippen molar-refractivity contribution in [1.29, 1.82) is 0 Å². The van der Waals surface area contributed by atoms with E-state index in [9.17, 15) is 14.4 Å². The summed E-state index contributed by atoms with van der Waals surface area (Å²) in [4.78, 5) is 44.7. The minimum Gasteiger partial charge on any atom is -0.493 e. The first kappa shape index (κ1) is 32.2. The lowest BCUT2D eigenvalue weighted by atomic mass is 9.92. The summed E-state index contributed by atoms with van der Waals surface area (Å²) in [6, 6.07) is 10.7. The highest BCUT2D eigenvalue weighted by atomic mass is 35.5. The predicted molar refractivity (Wildman–Crippen MR) is 162 cm³/mol. The van der Waals surface area contributed by atoms with E-state index in [-0.39, 0.29) is 32.1 Å². The van der Waals surface area contributed by atoms with Crippen LogP contribution in [0.3, 0.4) is 0 Å². The van der Waals surface area contributed by atoms with E-state index in [4.69, 9.17) is 35.3 Å². The van der Waals surface area contributed by atoms with Crippen LogP contribution < -0.4 is 14.4 Å². The number of aromatic nitrogens is 1. The number of carbonyl (C=O) groups excluding carboxylic acids is 3. The molecule has 43 heavy (non-hydrogen) atoms. The van der Waals surface area contributed by atoms with E-state index < -0.39 is 29.6 Å². The highest BCUT2D eigenvalue weighted by Crippen LogP contribution is 2.45. The SMILES string of the molecule is CCOC(=O)c1cnc(C[C@H]2O[C@H](c3cccc(OC)c3OC)c3cc(Cl)ccc3N(CC(C)(C)COC(C)=O)C2=O)s1. The third-order valence-corrected chi connectivity index (χ3v) is 8.00. The van der Waals surface area contributed by atoms with Gasteiger partial charge in [0.2, 0.25) is 0 Å². The number of carbonyl (C=O) groups is 3. The molecule has 0 spiro atoms. The molecule has 12 heteroatoms. The molecule has 4 rings (SSSR count). The van der Waals surface area contributed by atoms with Crippen molar-refractivity contribution >= 4 is 46.5 Å². The van der Waals surface area contributed by atoms with Gasteiger partial charge in [-0.25, -0.2) is 9.78 Å². The Hall–Kier alpha value is -3.67. The molecule has 2 heterocycles. The van der Waals surface area contributed by atoms with Gasteiger partial charge in [0.15, 0.2) is 11.5 Å². The maximum absolute atomic E-state index is 14.4. The van der Waals surface area contributed by atoms with E-state index in [2.05, 4.69) is 4.98 Å². The van der Waals surface area contributed by atoms with Gasteiger partial charge in [0.25, 0.3) is 5.91 Å². The second kappa shape index (κ2) is 13.7. The van der Waals surface area contributed by atoms with Crippen LogP contribution in [-0.4, -0.2) is 62.9 Å². The quantitative estimate of drug-likeness (QED) is 0.248. The molecule has 0 N–H and O–H groups in total. The minimum atomic E-state index is -1.02. The van der Waals surface area contributed by atoms with Gasteiger partial charge >= 0.3 is 11.9 Å². The fourth-order valence-corrected chi connectivity index (χ4v) is 5.88. The van der Waals surface area contributed by atoms with Crippen molar-refractivity contribution < 1.29 is 38.1 Å². The number of anilines is 1. The summed E-state index contributed by atoms with van der Waals surface area (Å²) in [5.41, 5.74) is 1.25. The zero-order chi connectivity index (χ0) is 31.3. The molecular weight excluding hydrogens is 596 g/mol. The largest absolute Gasteiger partial charge is 0.493 e. The number of fused-ring (bicyclic) bond motifs is 1. The summed E-state index contributed by atoms with van der Waals surface area (Å²) < 4.78 is 28.4. The van der Waals surface area contributed by atoms with Gasteiger partial charge in [-0.15, -0.1) is 11.3 Å². The Morgan fingerprint density at radius 3 is 2.56 bits per heavy atom. The molecule has 10 nitrogen and oxygen atoms in total. The second-order valence-corrected chi connectivity index (χ2v) is 12.3. The number of benzene rings is 2. The summed E-state index contributed by atoms with van der Waals surface area (Å²) in [7, 11) is 3.08. The Balaban J connectivity index is 1.84. The van der Waals surface area contributed by atoms with Gasteiger partial charge in [-0.2, -0.15) is 0 Å². The summed E-state index contributed by atoms with van der Waals surface area (Å²) in [6.07, 6.45) is -0.276. The molecule has 2 aromatic carbocycles. The standard InChI is InChI=1S/C31H35ClN2O8S/c1-7-40-30(37)25-15-33-26(43-25)14-24-29(36)34(16-31(3,4)17-41-18(2)35)22-12-11-19(32)13-21(22)27(42-24)20-9-8-10-23(38-5)28(20)39-6/h8-13,15,24,27H,7,14,16-17H2,1-6H3/t24-,27-/m1/s1. The first-order valence-electron chi connectivity index (χ1n) is 13.7. The molecule has 0 fully saturated rings. The summed E-state index contributed by atoms with van der Waals surface area (Å²) in [6.45, 7) is 7.44. The highest BCUT2D eigenvalue weighted by Gasteiger charge is 2.40. The van der Waals surface area contributed by atoms with Gasteiger partial charge in [-0.3, -0.25) is 9.59 Å². The lowest BCUT2D eigenvalue weighted by Gasteiger charge is -2.33. The van der Waals surface area contributed by atoms with Crippen LogP contribution in [0.2, 0.25) is 5.02 Å². The third kappa shape index (κ3) is 7.46. The Bertz CT molecular complexity index is 1490. The van der Waals surface area contributed by atoms with Crippen molar-refractivity contribution in [3.63, 3.8) is 0 Å². The van der Waals surface area contributed by atoms with Crippen molar-refractivity contribution in [2.45, 2.75) is 46.3 Å². The van der Waals surface area contributed by atoms with Gasteiger partial charge in [0, 0.05) is 47.1 Å². The van der Waals surface area contributed by atoms with Gasteiger partial charge in [-0.1, -0.05) is 37.6 Å². The Labute approximate surface area is 259 Å². The van der Waals surface area contributed by atoms with Crippen molar-refractivity contribution in [3.05, 3.63) is 68.6 Å². The Morgan fingerprint density at radius 2 is 1.88 bits per heavy atom. The molecule has 1 aromatic heterocycles. The number of halogens is 1. The molecule has 2 atom stereocenters. The van der Waals surface area contributed by atoms with Gasteiger partial charge in [0.1, 0.15) is 17.1 Å². The molecule has 230 valence electrons. The monoisotopic (exact) mass is 630 g/mol. The number of rotatable bonds is 11. The van der Waals surface area contributed by atoms with Crippen LogP contribution in [0.4, 0.5) is 5.69 Å². The number of esters is 2. The first-order valence-corrected chi connectivity index (χ1v) is 14.9. The Kier molecular flexibility index (Phi) is 10.3. The van der Waals surface area contributed by atoms with Crippen LogP contribution >= 0.6 is 22.9 Å². The number of thiazole rings is 1. The molecule has 1 amide bonds. The second-order valence-electron chi connectivity index (χ2n) is 10.7. The van der Waals surface area contributed by atoms with E-state index >= 15 is 0 Å². The number of methoxy groups -OCH3 is 2. The van der Waals surface area contributed by atoms with Crippen LogP contribution in [0.1, 0.15) is 59.6 Å². The van der Waals surface area contributed by atoms with Crippen molar-refractivity contribution in [2.75, 3.05) is 38.9 Å². The summed E-state index contributed by atoms with van der Waals surface area (Å²) in [5.74, 6) is -0.256. The van der Waals surface area contributed by atoms with Crippen molar-refractivity contribution in [2.24, 2.45) is 5.41 Å². The molecule has 0 radical (unpaired) electrons.